The molecule has 2 aliphatic carbocycles. The van der Waals surface area contributed by atoms with Crippen molar-refractivity contribution in [3.05, 3.63) is 23.8 Å². The first kappa shape index (κ1) is 20.1. The fourth-order valence-electron chi connectivity index (χ4n) is 4.71. The van der Waals surface area contributed by atoms with Gasteiger partial charge in [-0.25, -0.2) is 9.50 Å². The van der Waals surface area contributed by atoms with Crippen LogP contribution in [0.25, 0.3) is 5.78 Å². The second-order valence-electron chi connectivity index (χ2n) is 8.39. The van der Waals surface area contributed by atoms with Crippen LogP contribution in [0, 0.1) is 11.8 Å². The Morgan fingerprint density at radius 1 is 1.10 bits per heavy atom. The van der Waals surface area contributed by atoms with Crippen LogP contribution in [0.1, 0.15) is 75.2 Å². The van der Waals surface area contributed by atoms with E-state index in [0.717, 1.165) is 44.2 Å². The summed E-state index contributed by atoms with van der Waals surface area (Å²) in [5, 5.41) is 6.73. The highest BCUT2D eigenvalue weighted by molar-refractivity contribution is 5.76. The molecule has 2 heterocycles. The molecule has 0 aromatic carbocycles. The van der Waals surface area contributed by atoms with E-state index in [4.69, 9.17) is 0 Å². The minimum absolute atomic E-state index is 0.0175. The maximum absolute atomic E-state index is 12.9. The van der Waals surface area contributed by atoms with Crippen LogP contribution in [-0.2, 0) is 11.0 Å². The van der Waals surface area contributed by atoms with Gasteiger partial charge in [-0.05, 0) is 56.4 Å². The Morgan fingerprint density at radius 3 is 2.52 bits per heavy atom. The van der Waals surface area contributed by atoms with Crippen LogP contribution in [0.3, 0.4) is 0 Å². The number of amides is 1. The van der Waals surface area contributed by atoms with Crippen molar-refractivity contribution in [3.63, 3.8) is 0 Å². The lowest BCUT2D eigenvalue weighted by Gasteiger charge is -2.29. The second kappa shape index (κ2) is 8.28. The van der Waals surface area contributed by atoms with E-state index in [1.807, 2.05) is 0 Å². The van der Waals surface area contributed by atoms with Gasteiger partial charge in [0.25, 0.3) is 11.6 Å². The van der Waals surface area contributed by atoms with Gasteiger partial charge in [0.05, 0.1) is 5.69 Å². The molecular formula is C20H26F3N5O. The molecular weight excluding hydrogens is 383 g/mol. The molecule has 2 aromatic heterocycles. The van der Waals surface area contributed by atoms with Crippen molar-refractivity contribution in [2.75, 3.05) is 6.54 Å². The van der Waals surface area contributed by atoms with Crippen molar-refractivity contribution in [2.45, 2.75) is 69.9 Å². The topological polar surface area (TPSA) is 72.2 Å². The van der Waals surface area contributed by atoms with Crippen LogP contribution in [0.4, 0.5) is 13.2 Å². The minimum Gasteiger partial charge on any atom is -0.356 e. The normalized spacial score (nSPS) is 23.6. The van der Waals surface area contributed by atoms with Crippen molar-refractivity contribution in [1.82, 2.24) is 24.9 Å². The Bertz CT molecular complexity index is 851. The summed E-state index contributed by atoms with van der Waals surface area (Å²) in [6.07, 6.45) is 5.91. The van der Waals surface area contributed by atoms with E-state index < -0.39 is 12.0 Å². The summed E-state index contributed by atoms with van der Waals surface area (Å²) >= 11 is 0. The molecule has 0 radical (unpaired) electrons. The predicted octanol–water partition coefficient (Wildman–Crippen LogP) is 4.11. The monoisotopic (exact) mass is 409 g/mol. The molecule has 6 nitrogen and oxygen atoms in total. The number of aromatic nitrogens is 4. The van der Waals surface area contributed by atoms with Crippen molar-refractivity contribution in [3.8, 4) is 0 Å². The number of hydrogen-bond acceptors (Lipinski definition) is 4. The molecule has 2 aromatic rings. The first-order valence-corrected chi connectivity index (χ1v) is 10.5. The third kappa shape index (κ3) is 4.70. The van der Waals surface area contributed by atoms with Crippen molar-refractivity contribution < 1.29 is 18.0 Å². The van der Waals surface area contributed by atoms with Crippen LogP contribution in [0.5, 0.6) is 0 Å². The van der Waals surface area contributed by atoms with Gasteiger partial charge in [-0.15, -0.1) is 5.10 Å². The Balaban J connectivity index is 1.32. The number of nitrogens with zero attached hydrogens (tertiary/aromatic N) is 4. The summed E-state index contributed by atoms with van der Waals surface area (Å²) in [6, 6.07) is 1.73. The first-order chi connectivity index (χ1) is 13.9. The minimum atomic E-state index is -4.58. The molecule has 0 unspecified atom stereocenters. The number of hydrogen-bond donors (Lipinski definition) is 1. The number of nitrogens with one attached hydrogen (secondary N) is 1. The Kier molecular flexibility index (Phi) is 5.74. The summed E-state index contributed by atoms with van der Waals surface area (Å²) in [7, 11) is 0. The number of alkyl halides is 3. The lowest BCUT2D eigenvalue weighted by molar-refractivity contribution is -0.144. The highest BCUT2D eigenvalue weighted by Crippen LogP contribution is 2.36. The van der Waals surface area contributed by atoms with Gasteiger partial charge in [0.1, 0.15) is 0 Å². The zero-order chi connectivity index (χ0) is 20.4. The molecule has 29 heavy (non-hydrogen) atoms. The first-order valence-electron chi connectivity index (χ1n) is 10.5. The largest absolute Gasteiger partial charge is 0.453 e. The average molecular weight is 409 g/mol. The van der Waals surface area contributed by atoms with Crippen molar-refractivity contribution in [1.29, 1.82) is 0 Å². The average Bonchev–Trinajstić information content (AvgIpc) is 3.35. The fourth-order valence-corrected chi connectivity index (χ4v) is 4.71. The Hall–Kier alpha value is -2.19. The summed E-state index contributed by atoms with van der Waals surface area (Å²) in [4.78, 5) is 19.6. The van der Waals surface area contributed by atoms with E-state index in [1.165, 1.54) is 23.6 Å². The van der Waals surface area contributed by atoms with Crippen LogP contribution in [-0.4, -0.2) is 32.0 Å². The van der Waals surface area contributed by atoms with Gasteiger partial charge in [-0.3, -0.25) is 4.79 Å². The Morgan fingerprint density at radius 2 is 1.83 bits per heavy atom. The predicted molar refractivity (Wildman–Crippen MR) is 100 cm³/mol. The second-order valence-corrected chi connectivity index (χ2v) is 8.39. The molecule has 0 bridgehead atoms. The quantitative estimate of drug-likeness (QED) is 0.807. The van der Waals surface area contributed by atoms with Crippen molar-refractivity contribution in [2.24, 2.45) is 11.8 Å². The van der Waals surface area contributed by atoms with Gasteiger partial charge in [-0.1, -0.05) is 12.8 Å². The third-order valence-corrected chi connectivity index (χ3v) is 6.33. The highest BCUT2D eigenvalue weighted by atomic mass is 19.4. The SMILES string of the molecule is O=C(CC1CCCC1)NCC1CCC(c2ccnc3nc(C(F)(F)F)nn23)CC1. The molecule has 2 saturated carbocycles. The summed E-state index contributed by atoms with van der Waals surface area (Å²) in [6.45, 7) is 0.686. The molecule has 158 valence electrons. The molecule has 2 fully saturated rings. The standard InChI is InChI=1S/C20H26F3N5O/c21-20(22,23)18-26-19-24-10-9-16(28(19)27-18)15-7-5-14(6-8-15)12-25-17(29)11-13-3-1-2-4-13/h9-10,13-15H,1-8,11-12H2,(H,25,29). The van der Waals surface area contributed by atoms with Crippen LogP contribution >= 0.6 is 0 Å². The molecule has 0 spiro atoms. The van der Waals surface area contributed by atoms with E-state index in [1.54, 1.807) is 6.07 Å². The van der Waals surface area contributed by atoms with E-state index >= 15 is 0 Å². The number of carbonyl (C=O) groups is 1. The highest BCUT2D eigenvalue weighted by Gasteiger charge is 2.37. The molecule has 4 rings (SSSR count). The van der Waals surface area contributed by atoms with Gasteiger partial charge < -0.3 is 5.32 Å². The maximum Gasteiger partial charge on any atom is 0.453 e. The smallest absolute Gasteiger partial charge is 0.356 e. The van der Waals surface area contributed by atoms with Crippen LogP contribution in [0.15, 0.2) is 12.3 Å². The maximum atomic E-state index is 12.9. The zero-order valence-electron chi connectivity index (χ0n) is 16.3. The van der Waals surface area contributed by atoms with E-state index in [0.29, 0.717) is 24.8 Å². The summed E-state index contributed by atoms with van der Waals surface area (Å²) in [5.74, 6) is 0.0554. The lowest BCUT2D eigenvalue weighted by atomic mass is 9.80. The van der Waals surface area contributed by atoms with Gasteiger partial charge in [-0.2, -0.15) is 18.2 Å². The number of fused-ring (bicyclic) bond motifs is 1. The van der Waals surface area contributed by atoms with Gasteiger partial charge >= 0.3 is 6.18 Å². The fraction of sp³-hybridized carbons (Fsp3) is 0.700. The number of halogens is 3. The summed E-state index contributed by atoms with van der Waals surface area (Å²) in [5.41, 5.74) is 0.724. The van der Waals surface area contributed by atoms with E-state index in [9.17, 15) is 18.0 Å². The molecule has 1 N–H and O–H groups in total. The van der Waals surface area contributed by atoms with Crippen molar-refractivity contribution >= 4 is 11.7 Å². The summed E-state index contributed by atoms with van der Waals surface area (Å²) < 4.78 is 40.0. The van der Waals surface area contributed by atoms with Gasteiger partial charge in [0.15, 0.2) is 0 Å². The van der Waals surface area contributed by atoms with E-state index in [-0.39, 0.29) is 17.6 Å². The van der Waals surface area contributed by atoms with Crippen LogP contribution in [0.2, 0.25) is 0 Å². The number of carbonyl (C=O) groups excluding carboxylic acids is 1. The van der Waals surface area contributed by atoms with Crippen LogP contribution < -0.4 is 5.32 Å². The molecule has 1 amide bonds. The third-order valence-electron chi connectivity index (χ3n) is 6.33. The van der Waals surface area contributed by atoms with Gasteiger partial charge in [0.2, 0.25) is 5.91 Å². The lowest BCUT2D eigenvalue weighted by Crippen LogP contribution is -2.32. The number of rotatable bonds is 5. The Labute approximate surface area is 167 Å². The molecule has 2 aliphatic rings. The molecule has 0 atom stereocenters. The molecule has 9 heteroatoms. The van der Waals surface area contributed by atoms with E-state index in [2.05, 4.69) is 20.4 Å². The molecule has 0 aliphatic heterocycles. The zero-order valence-corrected chi connectivity index (χ0v) is 16.3. The van der Waals surface area contributed by atoms with Gasteiger partial charge in [0, 0.05) is 25.1 Å². The molecule has 0 saturated heterocycles.